The number of anilines is 1. The Morgan fingerprint density at radius 1 is 1.15 bits per heavy atom. The van der Waals surface area contributed by atoms with Crippen molar-refractivity contribution in [2.45, 2.75) is 13.3 Å². The van der Waals surface area contributed by atoms with Crippen molar-refractivity contribution in [2.24, 2.45) is 4.99 Å². The Balaban J connectivity index is 2.24. The molecule has 0 spiro atoms. The van der Waals surface area contributed by atoms with E-state index in [1.807, 2.05) is 30.3 Å². The van der Waals surface area contributed by atoms with Crippen molar-refractivity contribution in [3.8, 4) is 0 Å². The molecule has 4 nitrogen and oxygen atoms in total. The molecule has 1 aliphatic rings. The maximum Gasteiger partial charge on any atom is 0.278 e. The van der Waals surface area contributed by atoms with Crippen LogP contribution in [0, 0.1) is 0 Å². The molecule has 1 amide bonds. The number of carbonyl (C=O) groups excluding carboxylic acids is 1. The quantitative estimate of drug-likeness (QED) is 0.612. The SMILES string of the molecule is CCCNC=C1N=C(c2ccccc2Cl)c2cc(Cl)ccc2N(C)C1=O. The second kappa shape index (κ2) is 7.94. The highest BCUT2D eigenvalue weighted by Gasteiger charge is 2.27. The maximum absolute atomic E-state index is 12.9. The molecule has 0 aliphatic carbocycles. The molecule has 0 atom stereocenters. The van der Waals surface area contributed by atoms with Gasteiger partial charge in [0.25, 0.3) is 5.91 Å². The van der Waals surface area contributed by atoms with Gasteiger partial charge < -0.3 is 10.2 Å². The maximum atomic E-state index is 12.9. The standard InChI is InChI=1S/C20H19Cl2N3O/c1-3-10-23-12-17-20(26)25(2)18-9-8-13(21)11-15(18)19(24-17)14-6-4-5-7-16(14)22/h4-9,11-12,23H,3,10H2,1-2H3. The van der Waals surface area contributed by atoms with Crippen LogP contribution in [0.3, 0.4) is 0 Å². The third-order valence-electron chi connectivity index (χ3n) is 4.09. The van der Waals surface area contributed by atoms with Crippen molar-refractivity contribution in [1.82, 2.24) is 5.32 Å². The Morgan fingerprint density at radius 3 is 2.65 bits per heavy atom. The van der Waals surface area contributed by atoms with Crippen LogP contribution >= 0.6 is 23.2 Å². The average Bonchev–Trinajstić information content (AvgIpc) is 2.73. The summed E-state index contributed by atoms with van der Waals surface area (Å²) in [5.74, 6) is -0.195. The van der Waals surface area contributed by atoms with Crippen LogP contribution in [0.1, 0.15) is 24.5 Å². The highest BCUT2D eigenvalue weighted by atomic mass is 35.5. The number of aliphatic imine (C=N–C) groups is 1. The first-order valence-corrected chi connectivity index (χ1v) is 9.13. The molecule has 0 unspecified atom stereocenters. The van der Waals surface area contributed by atoms with Gasteiger partial charge in [-0.05, 0) is 30.7 Å². The van der Waals surface area contributed by atoms with Gasteiger partial charge in [0, 0.05) is 41.0 Å². The lowest BCUT2D eigenvalue weighted by Gasteiger charge is -2.18. The third kappa shape index (κ3) is 3.62. The fraction of sp³-hybridized carbons (Fsp3) is 0.200. The molecule has 0 bridgehead atoms. The zero-order chi connectivity index (χ0) is 18.7. The lowest BCUT2D eigenvalue weighted by molar-refractivity contribution is -0.114. The van der Waals surface area contributed by atoms with Crippen LogP contribution in [-0.2, 0) is 4.79 Å². The van der Waals surface area contributed by atoms with Gasteiger partial charge in [-0.3, -0.25) is 4.79 Å². The van der Waals surface area contributed by atoms with E-state index in [-0.39, 0.29) is 5.91 Å². The Bertz CT molecular complexity index is 906. The number of carbonyl (C=O) groups is 1. The second-order valence-electron chi connectivity index (χ2n) is 5.95. The fourth-order valence-corrected chi connectivity index (χ4v) is 3.16. The number of rotatable bonds is 4. The summed E-state index contributed by atoms with van der Waals surface area (Å²) in [7, 11) is 1.73. The normalized spacial score (nSPS) is 15.5. The molecule has 2 aromatic rings. The van der Waals surface area contributed by atoms with Gasteiger partial charge in [-0.2, -0.15) is 0 Å². The van der Waals surface area contributed by atoms with Crippen LogP contribution in [0.4, 0.5) is 5.69 Å². The highest BCUT2D eigenvalue weighted by Crippen LogP contribution is 2.32. The van der Waals surface area contributed by atoms with E-state index in [1.165, 1.54) is 0 Å². The molecule has 3 rings (SSSR count). The zero-order valence-corrected chi connectivity index (χ0v) is 16.1. The first kappa shape index (κ1) is 18.5. The number of fused-ring (bicyclic) bond motifs is 1. The smallest absolute Gasteiger partial charge is 0.278 e. The molecule has 1 N–H and O–H groups in total. The predicted molar refractivity (Wildman–Crippen MR) is 108 cm³/mol. The van der Waals surface area contributed by atoms with Gasteiger partial charge in [-0.25, -0.2) is 4.99 Å². The molecule has 26 heavy (non-hydrogen) atoms. The number of benzodiazepines with no additional fused rings is 1. The Hall–Kier alpha value is -2.30. The molecular formula is C20H19Cl2N3O. The number of nitrogens with one attached hydrogen (secondary N) is 1. The van der Waals surface area contributed by atoms with Gasteiger partial charge in [0.05, 0.1) is 11.4 Å². The van der Waals surface area contributed by atoms with Gasteiger partial charge in [0.15, 0.2) is 0 Å². The molecule has 0 aromatic heterocycles. The summed E-state index contributed by atoms with van der Waals surface area (Å²) in [5.41, 5.74) is 3.19. The lowest BCUT2D eigenvalue weighted by atomic mass is 10.00. The number of nitrogens with zero attached hydrogens (tertiary/aromatic N) is 2. The van der Waals surface area contributed by atoms with E-state index in [1.54, 1.807) is 30.3 Å². The van der Waals surface area contributed by atoms with Crippen molar-refractivity contribution < 1.29 is 4.79 Å². The van der Waals surface area contributed by atoms with Crippen molar-refractivity contribution >= 4 is 40.5 Å². The van der Waals surface area contributed by atoms with E-state index in [0.717, 1.165) is 29.8 Å². The average molecular weight is 388 g/mol. The summed E-state index contributed by atoms with van der Waals surface area (Å²) in [4.78, 5) is 19.1. The Kier molecular flexibility index (Phi) is 5.64. The number of amides is 1. The summed E-state index contributed by atoms with van der Waals surface area (Å²) in [6.07, 6.45) is 2.61. The van der Waals surface area contributed by atoms with Crippen LogP contribution in [0.25, 0.3) is 0 Å². The molecule has 0 radical (unpaired) electrons. The molecule has 1 heterocycles. The summed E-state index contributed by atoms with van der Waals surface area (Å²) in [6, 6.07) is 12.8. The summed E-state index contributed by atoms with van der Waals surface area (Å²) >= 11 is 12.6. The van der Waals surface area contributed by atoms with Crippen LogP contribution in [-0.4, -0.2) is 25.2 Å². The Labute approximate surface area is 163 Å². The number of hydrogen-bond donors (Lipinski definition) is 1. The summed E-state index contributed by atoms with van der Waals surface area (Å²) in [5, 5.41) is 4.27. The third-order valence-corrected chi connectivity index (χ3v) is 4.66. The van der Waals surface area contributed by atoms with E-state index in [4.69, 9.17) is 23.2 Å². The molecule has 0 saturated heterocycles. The fourth-order valence-electron chi connectivity index (χ4n) is 2.77. The summed E-state index contributed by atoms with van der Waals surface area (Å²) in [6.45, 7) is 2.82. The van der Waals surface area contributed by atoms with E-state index >= 15 is 0 Å². The van der Waals surface area contributed by atoms with Crippen LogP contribution in [0.2, 0.25) is 10.0 Å². The van der Waals surface area contributed by atoms with E-state index < -0.39 is 0 Å². The molecule has 0 fully saturated rings. The predicted octanol–water partition coefficient (Wildman–Crippen LogP) is 4.65. The minimum atomic E-state index is -0.195. The molecule has 1 aliphatic heterocycles. The first-order chi connectivity index (χ1) is 12.5. The van der Waals surface area contributed by atoms with Gasteiger partial charge in [0.2, 0.25) is 0 Å². The minimum Gasteiger partial charge on any atom is -0.389 e. The Morgan fingerprint density at radius 2 is 1.92 bits per heavy atom. The summed E-state index contributed by atoms with van der Waals surface area (Å²) < 4.78 is 0. The second-order valence-corrected chi connectivity index (χ2v) is 6.79. The van der Waals surface area contributed by atoms with Crippen LogP contribution < -0.4 is 10.2 Å². The molecular weight excluding hydrogens is 369 g/mol. The van der Waals surface area contributed by atoms with E-state index in [2.05, 4.69) is 17.2 Å². The largest absolute Gasteiger partial charge is 0.389 e. The molecule has 2 aromatic carbocycles. The molecule has 6 heteroatoms. The van der Waals surface area contributed by atoms with E-state index in [9.17, 15) is 4.79 Å². The minimum absolute atomic E-state index is 0.195. The highest BCUT2D eigenvalue weighted by molar-refractivity contribution is 6.37. The van der Waals surface area contributed by atoms with Crippen LogP contribution in [0.15, 0.2) is 59.4 Å². The van der Waals surface area contributed by atoms with Gasteiger partial charge in [-0.1, -0.05) is 48.3 Å². The molecule has 0 saturated carbocycles. The van der Waals surface area contributed by atoms with Crippen molar-refractivity contribution in [1.29, 1.82) is 0 Å². The van der Waals surface area contributed by atoms with Crippen molar-refractivity contribution in [3.05, 3.63) is 75.5 Å². The van der Waals surface area contributed by atoms with Crippen LogP contribution in [0.5, 0.6) is 0 Å². The van der Waals surface area contributed by atoms with Crippen molar-refractivity contribution in [3.63, 3.8) is 0 Å². The molecule has 134 valence electrons. The topological polar surface area (TPSA) is 44.7 Å². The monoisotopic (exact) mass is 387 g/mol. The number of likely N-dealkylation sites (N-methyl/N-ethyl adjacent to an activating group) is 1. The first-order valence-electron chi connectivity index (χ1n) is 8.38. The van der Waals surface area contributed by atoms with E-state index in [0.29, 0.717) is 21.5 Å². The zero-order valence-electron chi connectivity index (χ0n) is 14.6. The number of benzene rings is 2. The van der Waals surface area contributed by atoms with Crippen molar-refractivity contribution in [2.75, 3.05) is 18.5 Å². The number of halogens is 2. The van der Waals surface area contributed by atoms with Gasteiger partial charge in [-0.15, -0.1) is 0 Å². The number of hydrogen-bond acceptors (Lipinski definition) is 3. The van der Waals surface area contributed by atoms with Gasteiger partial charge in [0.1, 0.15) is 5.70 Å². The van der Waals surface area contributed by atoms with Gasteiger partial charge >= 0.3 is 0 Å². The lowest BCUT2D eigenvalue weighted by Crippen LogP contribution is -2.27.